The lowest BCUT2D eigenvalue weighted by Gasteiger charge is -2.09. The van der Waals surface area contributed by atoms with E-state index in [-0.39, 0.29) is 5.82 Å². The summed E-state index contributed by atoms with van der Waals surface area (Å²) >= 11 is 3.04. The van der Waals surface area contributed by atoms with Gasteiger partial charge in [0.05, 0.1) is 10.6 Å². The Morgan fingerprint density at radius 3 is 2.77 bits per heavy atom. The molecule has 0 aromatic heterocycles. The molecule has 0 spiro atoms. The maximum atomic E-state index is 13.0. The fourth-order valence-corrected chi connectivity index (χ4v) is 1.29. The first-order chi connectivity index (χ1) is 6.15. The Morgan fingerprint density at radius 2 is 2.23 bits per heavy atom. The van der Waals surface area contributed by atoms with E-state index < -0.39 is 6.10 Å². The molecule has 0 aliphatic carbocycles. The predicted octanol–water partition coefficient (Wildman–Crippen LogP) is 1.97. The SMILES string of the molecule is NCC[C@@H](O)c1ccc(Br)c(F)c1. The first-order valence-electron chi connectivity index (χ1n) is 3.98. The first kappa shape index (κ1) is 10.6. The van der Waals surface area contributed by atoms with Crippen molar-refractivity contribution in [3.8, 4) is 0 Å². The zero-order valence-electron chi connectivity index (χ0n) is 7.00. The average molecular weight is 248 g/mol. The molecule has 0 saturated carbocycles. The molecule has 4 heteroatoms. The summed E-state index contributed by atoms with van der Waals surface area (Å²) in [5.41, 5.74) is 5.83. The Labute approximate surface area is 84.7 Å². The summed E-state index contributed by atoms with van der Waals surface area (Å²) in [6.45, 7) is 0.388. The molecule has 1 aromatic carbocycles. The van der Waals surface area contributed by atoms with Crippen LogP contribution < -0.4 is 5.73 Å². The molecule has 3 N–H and O–H groups in total. The van der Waals surface area contributed by atoms with Gasteiger partial charge in [0.1, 0.15) is 5.82 Å². The van der Waals surface area contributed by atoms with E-state index in [0.29, 0.717) is 23.0 Å². The highest BCUT2D eigenvalue weighted by Gasteiger charge is 2.08. The van der Waals surface area contributed by atoms with Crippen molar-refractivity contribution >= 4 is 15.9 Å². The van der Waals surface area contributed by atoms with Crippen molar-refractivity contribution in [2.24, 2.45) is 5.73 Å². The van der Waals surface area contributed by atoms with Crippen LogP contribution in [-0.2, 0) is 0 Å². The minimum absolute atomic E-state index is 0.367. The number of hydrogen-bond acceptors (Lipinski definition) is 2. The van der Waals surface area contributed by atoms with Gasteiger partial charge in [-0.1, -0.05) is 6.07 Å². The highest BCUT2D eigenvalue weighted by Crippen LogP contribution is 2.21. The van der Waals surface area contributed by atoms with Crippen LogP contribution >= 0.6 is 15.9 Å². The molecule has 0 bridgehead atoms. The zero-order valence-corrected chi connectivity index (χ0v) is 8.59. The van der Waals surface area contributed by atoms with Crippen LogP contribution in [0.5, 0.6) is 0 Å². The Morgan fingerprint density at radius 1 is 1.54 bits per heavy atom. The maximum Gasteiger partial charge on any atom is 0.137 e. The van der Waals surface area contributed by atoms with Gasteiger partial charge in [-0.2, -0.15) is 0 Å². The molecule has 0 amide bonds. The summed E-state index contributed by atoms with van der Waals surface area (Å²) in [6.07, 6.45) is -0.228. The Bertz CT molecular complexity index is 293. The fraction of sp³-hybridized carbons (Fsp3) is 0.333. The molecule has 0 aliphatic heterocycles. The van der Waals surface area contributed by atoms with Gasteiger partial charge < -0.3 is 10.8 Å². The number of aliphatic hydroxyl groups excluding tert-OH is 1. The smallest absolute Gasteiger partial charge is 0.137 e. The molecule has 2 nitrogen and oxygen atoms in total. The van der Waals surface area contributed by atoms with Crippen molar-refractivity contribution in [2.45, 2.75) is 12.5 Å². The summed E-state index contributed by atoms with van der Waals surface area (Å²) in [5, 5.41) is 9.47. The molecule has 13 heavy (non-hydrogen) atoms. The molecular weight excluding hydrogens is 237 g/mol. The van der Waals surface area contributed by atoms with Crippen molar-refractivity contribution in [3.05, 3.63) is 34.1 Å². The minimum Gasteiger partial charge on any atom is -0.388 e. The number of halogens is 2. The second-order valence-electron chi connectivity index (χ2n) is 2.77. The Balaban J connectivity index is 2.84. The fourth-order valence-electron chi connectivity index (χ4n) is 1.04. The molecule has 0 fully saturated rings. The molecule has 1 atom stereocenters. The second kappa shape index (κ2) is 4.69. The molecular formula is C9H11BrFNO. The van der Waals surface area contributed by atoms with Crippen LogP contribution in [0.1, 0.15) is 18.1 Å². The molecule has 0 heterocycles. The van der Waals surface area contributed by atoms with Gasteiger partial charge in [-0.3, -0.25) is 0 Å². The van der Waals surface area contributed by atoms with Gasteiger partial charge in [-0.05, 0) is 46.6 Å². The number of hydrogen-bond donors (Lipinski definition) is 2. The third-order valence-corrected chi connectivity index (χ3v) is 2.41. The van der Waals surface area contributed by atoms with Gasteiger partial charge in [-0.15, -0.1) is 0 Å². The van der Waals surface area contributed by atoms with Crippen LogP contribution in [0.4, 0.5) is 4.39 Å². The van der Waals surface area contributed by atoms with Crippen LogP contribution in [0.25, 0.3) is 0 Å². The van der Waals surface area contributed by atoms with E-state index in [0.717, 1.165) is 0 Å². The van der Waals surface area contributed by atoms with Crippen molar-refractivity contribution in [1.82, 2.24) is 0 Å². The van der Waals surface area contributed by atoms with Crippen molar-refractivity contribution in [1.29, 1.82) is 0 Å². The van der Waals surface area contributed by atoms with Gasteiger partial charge in [0.25, 0.3) is 0 Å². The lowest BCUT2D eigenvalue weighted by molar-refractivity contribution is 0.170. The number of rotatable bonds is 3. The van der Waals surface area contributed by atoms with Crippen LogP contribution in [0.3, 0.4) is 0 Å². The van der Waals surface area contributed by atoms with Crippen LogP contribution in [-0.4, -0.2) is 11.7 Å². The Kier molecular flexibility index (Phi) is 3.84. The average Bonchev–Trinajstić information content (AvgIpc) is 2.10. The summed E-state index contributed by atoms with van der Waals surface area (Å²) in [7, 11) is 0. The van der Waals surface area contributed by atoms with E-state index in [2.05, 4.69) is 15.9 Å². The molecule has 0 aliphatic rings. The summed E-state index contributed by atoms with van der Waals surface area (Å²) in [5.74, 6) is -0.367. The van der Waals surface area contributed by atoms with Crippen LogP contribution in [0.2, 0.25) is 0 Å². The van der Waals surface area contributed by atoms with E-state index in [9.17, 15) is 9.50 Å². The van der Waals surface area contributed by atoms with Gasteiger partial charge in [-0.25, -0.2) is 4.39 Å². The van der Waals surface area contributed by atoms with Crippen LogP contribution in [0.15, 0.2) is 22.7 Å². The highest BCUT2D eigenvalue weighted by molar-refractivity contribution is 9.10. The zero-order chi connectivity index (χ0) is 9.84. The van der Waals surface area contributed by atoms with E-state index in [1.807, 2.05) is 0 Å². The van der Waals surface area contributed by atoms with E-state index in [1.165, 1.54) is 6.07 Å². The third-order valence-electron chi connectivity index (χ3n) is 1.77. The van der Waals surface area contributed by atoms with Crippen LogP contribution in [0, 0.1) is 5.82 Å². The quantitative estimate of drug-likeness (QED) is 0.858. The van der Waals surface area contributed by atoms with E-state index >= 15 is 0 Å². The van der Waals surface area contributed by atoms with E-state index in [4.69, 9.17) is 5.73 Å². The van der Waals surface area contributed by atoms with Gasteiger partial charge in [0.15, 0.2) is 0 Å². The maximum absolute atomic E-state index is 13.0. The van der Waals surface area contributed by atoms with Crippen molar-refractivity contribution in [3.63, 3.8) is 0 Å². The second-order valence-corrected chi connectivity index (χ2v) is 3.62. The standard InChI is InChI=1S/C9H11BrFNO/c10-7-2-1-6(5-8(7)11)9(13)3-4-12/h1-2,5,9,13H,3-4,12H2/t9-/m1/s1. The molecule has 1 aromatic rings. The summed E-state index contributed by atoms with van der Waals surface area (Å²) in [4.78, 5) is 0. The highest BCUT2D eigenvalue weighted by atomic mass is 79.9. The predicted molar refractivity (Wildman–Crippen MR) is 52.7 cm³/mol. The third kappa shape index (κ3) is 2.76. The first-order valence-corrected chi connectivity index (χ1v) is 4.77. The summed E-state index contributed by atoms with van der Waals surface area (Å²) < 4.78 is 13.4. The molecule has 72 valence electrons. The van der Waals surface area contributed by atoms with Gasteiger partial charge >= 0.3 is 0 Å². The van der Waals surface area contributed by atoms with Crippen molar-refractivity contribution < 1.29 is 9.50 Å². The summed E-state index contributed by atoms with van der Waals surface area (Å²) in [6, 6.07) is 4.56. The Hall–Kier alpha value is -0.450. The topological polar surface area (TPSA) is 46.2 Å². The number of nitrogens with two attached hydrogens (primary N) is 1. The van der Waals surface area contributed by atoms with E-state index in [1.54, 1.807) is 12.1 Å². The van der Waals surface area contributed by atoms with Crippen molar-refractivity contribution in [2.75, 3.05) is 6.54 Å². The minimum atomic E-state index is -0.674. The molecule has 0 saturated heterocycles. The van der Waals surface area contributed by atoms with Gasteiger partial charge in [0, 0.05) is 0 Å². The lowest BCUT2D eigenvalue weighted by Crippen LogP contribution is -2.06. The normalized spacial score (nSPS) is 12.9. The lowest BCUT2D eigenvalue weighted by atomic mass is 10.1. The largest absolute Gasteiger partial charge is 0.388 e. The van der Waals surface area contributed by atoms with Gasteiger partial charge in [0.2, 0.25) is 0 Å². The number of benzene rings is 1. The molecule has 0 unspecified atom stereocenters. The molecule has 0 radical (unpaired) electrons. The monoisotopic (exact) mass is 247 g/mol. The number of aliphatic hydroxyl groups is 1. The molecule has 1 rings (SSSR count).